The Hall–Kier alpha value is -0.610. The van der Waals surface area contributed by atoms with Gasteiger partial charge in [0, 0.05) is 20.0 Å². The zero-order valence-corrected chi connectivity index (χ0v) is 21.5. The van der Waals surface area contributed by atoms with Crippen LogP contribution in [0.2, 0.25) is 0 Å². The Kier molecular flexibility index (Phi) is 10.8. The Labute approximate surface area is 192 Å². The van der Waals surface area contributed by atoms with Crippen molar-refractivity contribution in [3.63, 3.8) is 0 Å². The highest BCUT2D eigenvalue weighted by Crippen LogP contribution is 2.45. The number of ether oxygens (including phenoxy) is 2. The maximum absolute atomic E-state index is 12.0. The van der Waals surface area contributed by atoms with Gasteiger partial charge in [-0.05, 0) is 67.6 Å². The maximum Gasteiger partial charge on any atom is 0.219 e. The van der Waals surface area contributed by atoms with E-state index in [2.05, 4.69) is 34.6 Å². The van der Waals surface area contributed by atoms with Crippen LogP contribution in [0.4, 0.5) is 0 Å². The third kappa shape index (κ3) is 10.2. The third-order valence-corrected chi connectivity index (χ3v) is 7.50. The predicted molar refractivity (Wildman–Crippen MR) is 129 cm³/mol. The highest BCUT2D eigenvalue weighted by molar-refractivity contribution is 5.73. The summed E-state index contributed by atoms with van der Waals surface area (Å²) in [6.07, 6.45) is 13.1. The van der Waals surface area contributed by atoms with Crippen molar-refractivity contribution < 1.29 is 14.3 Å². The Bertz CT molecular complexity index is 511. The first-order valence-electron chi connectivity index (χ1n) is 13.0. The minimum absolute atomic E-state index is 0.177. The summed E-state index contributed by atoms with van der Waals surface area (Å²) in [5.74, 6) is 1.67. The average Bonchev–Trinajstić information content (AvgIpc) is 2.69. The molecule has 2 fully saturated rings. The van der Waals surface area contributed by atoms with Crippen LogP contribution >= 0.6 is 0 Å². The van der Waals surface area contributed by atoms with Crippen LogP contribution in [0.1, 0.15) is 106 Å². The average molecular weight is 438 g/mol. The summed E-state index contributed by atoms with van der Waals surface area (Å²) < 4.78 is 11.9. The normalized spacial score (nSPS) is 23.7. The Morgan fingerprint density at radius 1 is 0.871 bits per heavy atom. The molecule has 2 aliphatic rings. The molecule has 0 heterocycles. The third-order valence-electron chi connectivity index (χ3n) is 7.50. The molecular weight excluding hydrogens is 386 g/mol. The summed E-state index contributed by atoms with van der Waals surface area (Å²) in [5, 5.41) is 0. The molecule has 4 heteroatoms. The van der Waals surface area contributed by atoms with Crippen molar-refractivity contribution in [3.8, 4) is 0 Å². The summed E-state index contributed by atoms with van der Waals surface area (Å²) in [6, 6.07) is 0. The minimum atomic E-state index is 0.177. The molecule has 2 aliphatic carbocycles. The second-order valence-electron chi connectivity index (χ2n) is 12.2. The van der Waals surface area contributed by atoms with Gasteiger partial charge in [-0.25, -0.2) is 0 Å². The number of hydrogen-bond acceptors (Lipinski definition) is 3. The Balaban J connectivity index is 1.56. The second-order valence-corrected chi connectivity index (χ2v) is 12.2. The topological polar surface area (TPSA) is 38.8 Å². The van der Waals surface area contributed by atoms with Gasteiger partial charge < -0.3 is 14.4 Å². The van der Waals surface area contributed by atoms with E-state index in [4.69, 9.17) is 9.47 Å². The summed E-state index contributed by atoms with van der Waals surface area (Å²) in [6.45, 7) is 17.2. The molecule has 182 valence electrons. The number of hydrogen-bond donors (Lipinski definition) is 0. The van der Waals surface area contributed by atoms with Crippen LogP contribution in [0.5, 0.6) is 0 Å². The molecular formula is C27H51NO3. The summed E-state index contributed by atoms with van der Waals surface area (Å²) in [7, 11) is 0. The molecule has 0 atom stereocenters. The van der Waals surface area contributed by atoms with E-state index in [9.17, 15) is 4.79 Å². The Morgan fingerprint density at radius 2 is 1.52 bits per heavy atom. The van der Waals surface area contributed by atoms with Crippen LogP contribution in [0.15, 0.2) is 0 Å². The molecule has 2 saturated carbocycles. The van der Waals surface area contributed by atoms with Gasteiger partial charge >= 0.3 is 0 Å². The van der Waals surface area contributed by atoms with E-state index in [0.29, 0.717) is 49.2 Å². The Morgan fingerprint density at radius 3 is 2.10 bits per heavy atom. The van der Waals surface area contributed by atoms with Gasteiger partial charge in [0.1, 0.15) is 0 Å². The van der Waals surface area contributed by atoms with Crippen molar-refractivity contribution in [1.82, 2.24) is 4.90 Å². The standard InChI is InChI=1S/C27H51NO3/c1-22(29)28(20-23-10-8-7-9-11-23)16-17-30-18-19-31-25-14-12-24(13-15-25)27(5,6)21-26(2,3)4/h23-25H,7-21H2,1-6H3. The minimum Gasteiger partial charge on any atom is -0.377 e. The highest BCUT2D eigenvalue weighted by atomic mass is 16.5. The summed E-state index contributed by atoms with van der Waals surface area (Å²) in [5.41, 5.74) is 0.801. The van der Waals surface area contributed by atoms with Crippen LogP contribution in [0.3, 0.4) is 0 Å². The molecule has 4 nitrogen and oxygen atoms in total. The lowest BCUT2D eigenvalue weighted by Gasteiger charge is -2.42. The number of carbonyl (C=O) groups is 1. The number of rotatable bonds is 11. The fraction of sp³-hybridized carbons (Fsp3) is 0.963. The van der Waals surface area contributed by atoms with Crippen LogP contribution in [0.25, 0.3) is 0 Å². The monoisotopic (exact) mass is 437 g/mol. The van der Waals surface area contributed by atoms with Crippen molar-refractivity contribution in [2.45, 2.75) is 112 Å². The van der Waals surface area contributed by atoms with Gasteiger partial charge in [0.05, 0.1) is 25.9 Å². The molecule has 0 bridgehead atoms. The molecule has 0 unspecified atom stereocenters. The van der Waals surface area contributed by atoms with E-state index in [1.165, 1.54) is 64.2 Å². The number of amides is 1. The first-order chi connectivity index (χ1) is 14.6. The van der Waals surface area contributed by atoms with Crippen molar-refractivity contribution in [2.24, 2.45) is 22.7 Å². The number of carbonyl (C=O) groups excluding carboxylic acids is 1. The molecule has 0 spiro atoms. The van der Waals surface area contributed by atoms with Crippen LogP contribution in [0, 0.1) is 22.7 Å². The molecule has 0 saturated heterocycles. The zero-order valence-electron chi connectivity index (χ0n) is 21.5. The maximum atomic E-state index is 12.0. The van der Waals surface area contributed by atoms with Gasteiger partial charge in [-0.1, -0.05) is 53.9 Å². The smallest absolute Gasteiger partial charge is 0.219 e. The SMILES string of the molecule is CC(=O)N(CCOCCOC1CCC(C(C)(C)CC(C)(C)C)CC1)CC1CCCCC1. The fourth-order valence-electron chi connectivity index (χ4n) is 6.13. The molecule has 0 aromatic carbocycles. The van der Waals surface area contributed by atoms with Gasteiger partial charge in [-0.15, -0.1) is 0 Å². The molecule has 0 aromatic heterocycles. The zero-order chi connectivity index (χ0) is 22.9. The van der Waals surface area contributed by atoms with Crippen LogP contribution in [-0.2, 0) is 14.3 Å². The predicted octanol–water partition coefficient (Wildman–Crippen LogP) is 6.47. The largest absolute Gasteiger partial charge is 0.377 e. The molecule has 31 heavy (non-hydrogen) atoms. The molecule has 1 amide bonds. The molecule has 0 aromatic rings. The van der Waals surface area contributed by atoms with Gasteiger partial charge in [0.15, 0.2) is 0 Å². The van der Waals surface area contributed by atoms with Gasteiger partial charge in [0.2, 0.25) is 5.91 Å². The lowest BCUT2D eigenvalue weighted by atomic mass is 9.64. The lowest BCUT2D eigenvalue weighted by molar-refractivity contribution is -0.130. The van der Waals surface area contributed by atoms with E-state index >= 15 is 0 Å². The molecule has 0 N–H and O–H groups in total. The number of nitrogens with zero attached hydrogens (tertiary/aromatic N) is 1. The van der Waals surface area contributed by atoms with E-state index in [0.717, 1.165) is 12.5 Å². The molecule has 0 radical (unpaired) electrons. The first-order valence-corrected chi connectivity index (χ1v) is 13.0. The van der Waals surface area contributed by atoms with Gasteiger partial charge in [0.25, 0.3) is 0 Å². The molecule has 0 aliphatic heterocycles. The summed E-state index contributed by atoms with van der Waals surface area (Å²) >= 11 is 0. The quantitative estimate of drug-likeness (QED) is 0.348. The second kappa shape index (κ2) is 12.6. The molecule has 2 rings (SSSR count). The van der Waals surface area contributed by atoms with Crippen molar-refractivity contribution in [2.75, 3.05) is 32.9 Å². The van der Waals surface area contributed by atoms with E-state index < -0.39 is 0 Å². The van der Waals surface area contributed by atoms with Gasteiger partial charge in [-0.3, -0.25) is 4.79 Å². The first kappa shape index (κ1) is 26.6. The van der Waals surface area contributed by atoms with Crippen LogP contribution < -0.4 is 0 Å². The van der Waals surface area contributed by atoms with Crippen molar-refractivity contribution in [3.05, 3.63) is 0 Å². The van der Waals surface area contributed by atoms with E-state index in [1.54, 1.807) is 6.92 Å². The van der Waals surface area contributed by atoms with Crippen molar-refractivity contribution >= 4 is 5.91 Å². The van der Waals surface area contributed by atoms with E-state index in [-0.39, 0.29) is 5.91 Å². The summed E-state index contributed by atoms with van der Waals surface area (Å²) in [4.78, 5) is 13.9. The van der Waals surface area contributed by atoms with Gasteiger partial charge in [-0.2, -0.15) is 0 Å². The van der Waals surface area contributed by atoms with Crippen LogP contribution in [-0.4, -0.2) is 49.8 Å². The highest BCUT2D eigenvalue weighted by Gasteiger charge is 2.36. The lowest BCUT2D eigenvalue weighted by Crippen LogP contribution is -2.37. The van der Waals surface area contributed by atoms with Crippen molar-refractivity contribution in [1.29, 1.82) is 0 Å². The fourth-order valence-corrected chi connectivity index (χ4v) is 6.13. The van der Waals surface area contributed by atoms with E-state index in [1.807, 2.05) is 4.90 Å².